The summed E-state index contributed by atoms with van der Waals surface area (Å²) in [6, 6.07) is 0. The summed E-state index contributed by atoms with van der Waals surface area (Å²) in [4.78, 5) is 13.6. The van der Waals surface area contributed by atoms with Gasteiger partial charge in [-0.1, -0.05) is 6.92 Å². The Morgan fingerprint density at radius 1 is 1.33 bits per heavy atom. The molecule has 6 heteroatoms. The van der Waals surface area contributed by atoms with Crippen molar-refractivity contribution in [1.82, 2.24) is 5.32 Å². The Hall–Kier alpha value is -1.14. The van der Waals surface area contributed by atoms with Crippen molar-refractivity contribution in [2.75, 3.05) is 18.5 Å². The number of esters is 1. The maximum Gasteiger partial charge on any atom is 0.341 e. The van der Waals surface area contributed by atoms with Crippen molar-refractivity contribution in [3.05, 3.63) is 16.0 Å². The van der Waals surface area contributed by atoms with Crippen LogP contribution < -0.4 is 10.6 Å². The van der Waals surface area contributed by atoms with Crippen LogP contribution >= 0.6 is 23.6 Å². The molecule has 4 nitrogen and oxygen atoms in total. The fraction of sp³-hybridized carbons (Fsp3) is 0.600. The zero-order valence-electron chi connectivity index (χ0n) is 12.6. The van der Waals surface area contributed by atoms with Crippen molar-refractivity contribution in [3.63, 3.8) is 0 Å². The van der Waals surface area contributed by atoms with E-state index in [1.165, 1.54) is 11.3 Å². The van der Waals surface area contributed by atoms with Crippen LogP contribution in [-0.4, -0.2) is 24.2 Å². The van der Waals surface area contributed by atoms with Gasteiger partial charge in [0.2, 0.25) is 0 Å². The summed E-state index contributed by atoms with van der Waals surface area (Å²) in [5.41, 5.74) is 1.85. The first kappa shape index (κ1) is 16.2. The minimum Gasteiger partial charge on any atom is -0.462 e. The molecule has 0 amide bonds. The lowest BCUT2D eigenvalue weighted by Crippen LogP contribution is -2.29. The van der Waals surface area contributed by atoms with Gasteiger partial charge in [0.25, 0.3) is 0 Å². The van der Waals surface area contributed by atoms with Gasteiger partial charge in [-0.2, -0.15) is 0 Å². The van der Waals surface area contributed by atoms with Gasteiger partial charge in [-0.15, -0.1) is 11.3 Å². The second-order valence-electron chi connectivity index (χ2n) is 5.02. The fourth-order valence-corrected chi connectivity index (χ4v) is 4.01. The molecule has 0 unspecified atom stereocenters. The maximum atomic E-state index is 12.3. The summed E-state index contributed by atoms with van der Waals surface area (Å²) in [5.74, 6) is -0.238. The van der Waals surface area contributed by atoms with Crippen LogP contribution in [0.4, 0.5) is 5.00 Å². The number of thiophene rings is 1. The monoisotopic (exact) mass is 326 g/mol. The molecule has 116 valence electrons. The zero-order chi connectivity index (χ0) is 15.2. The molecule has 1 heterocycles. The highest BCUT2D eigenvalue weighted by Crippen LogP contribution is 2.38. The third kappa shape index (κ3) is 3.95. The molecule has 0 aliphatic heterocycles. The topological polar surface area (TPSA) is 50.4 Å². The quantitative estimate of drug-likeness (QED) is 0.641. The van der Waals surface area contributed by atoms with E-state index in [1.807, 2.05) is 6.92 Å². The number of carbonyl (C=O) groups is 1. The van der Waals surface area contributed by atoms with Crippen molar-refractivity contribution in [2.45, 2.75) is 46.0 Å². The first-order valence-electron chi connectivity index (χ1n) is 7.53. The van der Waals surface area contributed by atoms with Gasteiger partial charge in [-0.25, -0.2) is 4.79 Å². The summed E-state index contributed by atoms with van der Waals surface area (Å²) < 4.78 is 5.22. The third-order valence-corrected chi connectivity index (χ3v) is 4.87. The van der Waals surface area contributed by atoms with Crippen LogP contribution in [0.1, 0.15) is 53.9 Å². The first-order chi connectivity index (χ1) is 10.2. The molecule has 0 saturated carbocycles. The highest BCUT2D eigenvalue weighted by atomic mass is 32.1. The predicted molar refractivity (Wildman–Crippen MR) is 91.4 cm³/mol. The lowest BCUT2D eigenvalue weighted by Gasteiger charge is -2.13. The highest BCUT2D eigenvalue weighted by molar-refractivity contribution is 7.80. The van der Waals surface area contributed by atoms with E-state index < -0.39 is 0 Å². The van der Waals surface area contributed by atoms with Crippen LogP contribution in [-0.2, 0) is 17.6 Å². The summed E-state index contributed by atoms with van der Waals surface area (Å²) in [5, 5.41) is 7.71. The second-order valence-corrected chi connectivity index (χ2v) is 6.53. The number of rotatable bonds is 5. The molecule has 21 heavy (non-hydrogen) atoms. The van der Waals surface area contributed by atoms with Gasteiger partial charge >= 0.3 is 5.97 Å². The van der Waals surface area contributed by atoms with Crippen LogP contribution in [0.15, 0.2) is 0 Å². The lowest BCUT2D eigenvalue weighted by molar-refractivity contribution is 0.0526. The average molecular weight is 326 g/mol. The summed E-state index contributed by atoms with van der Waals surface area (Å²) in [6.45, 7) is 5.13. The first-order valence-corrected chi connectivity index (χ1v) is 8.76. The highest BCUT2D eigenvalue weighted by Gasteiger charge is 2.26. The van der Waals surface area contributed by atoms with Gasteiger partial charge in [-0.05, 0) is 56.8 Å². The van der Waals surface area contributed by atoms with E-state index in [1.54, 1.807) is 11.3 Å². The second kappa shape index (κ2) is 7.75. The Balaban J connectivity index is 2.24. The van der Waals surface area contributed by atoms with Gasteiger partial charge in [0, 0.05) is 11.4 Å². The summed E-state index contributed by atoms with van der Waals surface area (Å²) in [6.07, 6.45) is 5.33. The molecule has 0 spiro atoms. The van der Waals surface area contributed by atoms with Crippen LogP contribution in [0.5, 0.6) is 0 Å². The molecule has 0 fully saturated rings. The van der Waals surface area contributed by atoms with Crippen LogP contribution in [0.2, 0.25) is 0 Å². The Morgan fingerprint density at radius 3 is 2.81 bits per heavy atom. The number of aryl methyl sites for hydroxylation is 1. The predicted octanol–water partition coefficient (Wildman–Crippen LogP) is 3.50. The Kier molecular flexibility index (Phi) is 5.99. The number of ether oxygens (including phenoxy) is 1. The van der Waals surface area contributed by atoms with Crippen molar-refractivity contribution in [3.8, 4) is 0 Å². The smallest absolute Gasteiger partial charge is 0.341 e. The van der Waals surface area contributed by atoms with Gasteiger partial charge in [-0.3, -0.25) is 0 Å². The largest absolute Gasteiger partial charge is 0.462 e. The van der Waals surface area contributed by atoms with Gasteiger partial charge < -0.3 is 15.4 Å². The molecule has 0 saturated heterocycles. The number of hydrogen-bond acceptors (Lipinski definition) is 4. The summed E-state index contributed by atoms with van der Waals surface area (Å²) in [7, 11) is 0. The number of thiocarbonyl (C=S) groups is 1. The standard InChI is InChI=1S/C15H22N2O2S2/c1-3-9-16-15(20)17-13-12(14(18)19-4-2)10-7-5-6-8-11(10)21-13/h3-9H2,1-2H3,(H2,16,17,20). The number of carbonyl (C=O) groups excluding carboxylic acids is 1. The molecular formula is C15H22N2O2S2. The maximum absolute atomic E-state index is 12.3. The molecule has 2 rings (SSSR count). The zero-order valence-corrected chi connectivity index (χ0v) is 14.2. The molecular weight excluding hydrogens is 304 g/mol. The number of hydrogen-bond donors (Lipinski definition) is 2. The van der Waals surface area contributed by atoms with Gasteiger partial charge in [0.05, 0.1) is 12.2 Å². The van der Waals surface area contributed by atoms with Gasteiger partial charge in [0.15, 0.2) is 5.11 Å². The summed E-state index contributed by atoms with van der Waals surface area (Å²) >= 11 is 6.92. The van der Waals surface area contributed by atoms with Crippen LogP contribution in [0.25, 0.3) is 0 Å². The van der Waals surface area contributed by atoms with Crippen molar-refractivity contribution in [2.24, 2.45) is 0 Å². The van der Waals surface area contributed by atoms with Crippen molar-refractivity contribution in [1.29, 1.82) is 0 Å². The SMILES string of the molecule is CCCNC(=S)Nc1sc2c(c1C(=O)OCC)CCCC2. The molecule has 2 N–H and O–H groups in total. The fourth-order valence-electron chi connectivity index (χ4n) is 2.46. The van der Waals surface area contributed by atoms with Crippen LogP contribution in [0, 0.1) is 0 Å². The normalized spacial score (nSPS) is 13.4. The van der Waals surface area contributed by atoms with Gasteiger partial charge in [0.1, 0.15) is 5.00 Å². The minimum atomic E-state index is -0.238. The minimum absolute atomic E-state index is 0.238. The average Bonchev–Trinajstić information content (AvgIpc) is 2.83. The van der Waals surface area contributed by atoms with Crippen molar-refractivity contribution < 1.29 is 9.53 Å². The molecule has 0 radical (unpaired) electrons. The van der Waals surface area contributed by atoms with E-state index in [2.05, 4.69) is 17.6 Å². The van der Waals surface area contributed by atoms with E-state index in [9.17, 15) is 4.79 Å². The number of anilines is 1. The molecule has 1 aromatic heterocycles. The molecule has 1 aliphatic carbocycles. The number of fused-ring (bicyclic) bond motifs is 1. The van der Waals surface area contributed by atoms with E-state index in [0.29, 0.717) is 17.3 Å². The van der Waals surface area contributed by atoms with Crippen LogP contribution in [0.3, 0.4) is 0 Å². The van der Waals surface area contributed by atoms with E-state index in [0.717, 1.165) is 42.8 Å². The number of nitrogens with one attached hydrogen (secondary N) is 2. The molecule has 0 bridgehead atoms. The molecule has 1 aromatic rings. The Labute approximate surface area is 135 Å². The molecule has 0 atom stereocenters. The Morgan fingerprint density at radius 2 is 2.10 bits per heavy atom. The van der Waals surface area contributed by atoms with E-state index >= 15 is 0 Å². The molecule has 1 aliphatic rings. The lowest BCUT2D eigenvalue weighted by atomic mass is 9.95. The Bertz CT molecular complexity index is 526. The third-order valence-electron chi connectivity index (χ3n) is 3.41. The van der Waals surface area contributed by atoms with Crippen molar-refractivity contribution >= 4 is 39.6 Å². The molecule has 0 aromatic carbocycles. The van der Waals surface area contributed by atoms with E-state index in [-0.39, 0.29) is 5.97 Å². The van der Waals surface area contributed by atoms with E-state index in [4.69, 9.17) is 17.0 Å².